The van der Waals surface area contributed by atoms with Gasteiger partial charge in [0, 0.05) is 22.2 Å². The lowest BCUT2D eigenvalue weighted by Crippen LogP contribution is -2.14. The SMILES string of the molecule is CC(C)Oc1ccc(C(=O)Nc2ccc3c4c(c(=O)[nH]c3c2)CCC4)cc1. The monoisotopic (exact) mass is 362 g/mol. The second kappa shape index (κ2) is 6.91. The molecule has 5 nitrogen and oxygen atoms in total. The van der Waals surface area contributed by atoms with Gasteiger partial charge in [-0.2, -0.15) is 0 Å². The molecule has 1 amide bonds. The number of aromatic amines is 1. The summed E-state index contributed by atoms with van der Waals surface area (Å²) in [6, 6.07) is 12.7. The normalized spacial score (nSPS) is 13.0. The first-order valence-electron chi connectivity index (χ1n) is 9.27. The van der Waals surface area contributed by atoms with Crippen LogP contribution < -0.4 is 15.6 Å². The van der Waals surface area contributed by atoms with E-state index in [9.17, 15) is 9.59 Å². The summed E-state index contributed by atoms with van der Waals surface area (Å²) in [6.45, 7) is 3.92. The molecule has 5 heteroatoms. The molecule has 0 saturated heterocycles. The number of nitrogens with one attached hydrogen (secondary N) is 2. The van der Waals surface area contributed by atoms with E-state index in [4.69, 9.17) is 4.74 Å². The summed E-state index contributed by atoms with van der Waals surface area (Å²) < 4.78 is 5.60. The van der Waals surface area contributed by atoms with Gasteiger partial charge in [-0.25, -0.2) is 0 Å². The minimum Gasteiger partial charge on any atom is -0.491 e. The Kier molecular flexibility index (Phi) is 4.44. The molecule has 1 aromatic heterocycles. The molecule has 4 rings (SSSR count). The molecular formula is C22H22N2O3. The van der Waals surface area contributed by atoms with Crippen molar-refractivity contribution in [1.29, 1.82) is 0 Å². The molecule has 1 aliphatic carbocycles. The Hall–Kier alpha value is -3.08. The van der Waals surface area contributed by atoms with Crippen molar-refractivity contribution < 1.29 is 9.53 Å². The number of ether oxygens (including phenoxy) is 1. The van der Waals surface area contributed by atoms with E-state index in [-0.39, 0.29) is 17.6 Å². The third kappa shape index (κ3) is 3.45. The topological polar surface area (TPSA) is 71.2 Å². The van der Waals surface area contributed by atoms with E-state index < -0.39 is 0 Å². The molecule has 0 bridgehead atoms. The minimum absolute atomic E-state index is 0.0146. The second-order valence-corrected chi connectivity index (χ2v) is 7.17. The smallest absolute Gasteiger partial charge is 0.255 e. The number of benzene rings is 2. The van der Waals surface area contributed by atoms with Crippen LogP contribution in [0.15, 0.2) is 47.3 Å². The Bertz CT molecular complexity index is 1070. The first kappa shape index (κ1) is 17.3. The highest BCUT2D eigenvalue weighted by Crippen LogP contribution is 2.28. The molecule has 0 radical (unpaired) electrons. The number of anilines is 1. The van der Waals surface area contributed by atoms with Crippen LogP contribution in [0.25, 0.3) is 10.9 Å². The lowest BCUT2D eigenvalue weighted by molar-refractivity contribution is 0.102. The fraction of sp³-hybridized carbons (Fsp3) is 0.273. The number of aromatic nitrogens is 1. The molecule has 0 saturated carbocycles. The van der Waals surface area contributed by atoms with Crippen molar-refractivity contribution in [2.75, 3.05) is 5.32 Å². The molecule has 27 heavy (non-hydrogen) atoms. The van der Waals surface area contributed by atoms with Gasteiger partial charge in [-0.1, -0.05) is 6.07 Å². The van der Waals surface area contributed by atoms with Gasteiger partial charge in [-0.3, -0.25) is 9.59 Å². The van der Waals surface area contributed by atoms with E-state index in [1.165, 1.54) is 0 Å². The average Bonchev–Trinajstić information content (AvgIpc) is 3.12. The number of rotatable bonds is 4. The van der Waals surface area contributed by atoms with Crippen LogP contribution in [0, 0.1) is 0 Å². The Morgan fingerprint density at radius 1 is 1.07 bits per heavy atom. The van der Waals surface area contributed by atoms with Crippen LogP contribution in [0.5, 0.6) is 5.75 Å². The van der Waals surface area contributed by atoms with Crippen molar-refractivity contribution >= 4 is 22.5 Å². The summed E-state index contributed by atoms with van der Waals surface area (Å²) in [5, 5.41) is 3.96. The number of carbonyl (C=O) groups excluding carboxylic acids is 1. The number of pyridine rings is 1. The van der Waals surface area contributed by atoms with Crippen LogP contribution in [0.1, 0.15) is 41.8 Å². The van der Waals surface area contributed by atoms with E-state index in [2.05, 4.69) is 10.3 Å². The number of carbonyl (C=O) groups is 1. The van der Waals surface area contributed by atoms with E-state index in [1.54, 1.807) is 24.3 Å². The van der Waals surface area contributed by atoms with E-state index in [0.29, 0.717) is 11.3 Å². The van der Waals surface area contributed by atoms with Gasteiger partial charge < -0.3 is 15.0 Å². The summed E-state index contributed by atoms with van der Waals surface area (Å²) in [6.07, 6.45) is 2.89. The standard InChI is InChI=1S/C22H22N2O3/c1-13(2)27-16-9-6-14(7-10-16)21(25)23-15-8-11-18-17-4-3-5-19(17)22(26)24-20(18)12-15/h6-13H,3-5H2,1-2H3,(H,23,25)(H,24,26). The Morgan fingerprint density at radius 3 is 2.56 bits per heavy atom. The average molecular weight is 362 g/mol. The molecule has 0 unspecified atom stereocenters. The minimum atomic E-state index is -0.200. The fourth-order valence-electron chi connectivity index (χ4n) is 3.64. The van der Waals surface area contributed by atoms with Crippen LogP contribution in [-0.2, 0) is 12.8 Å². The van der Waals surface area contributed by atoms with Gasteiger partial charge >= 0.3 is 0 Å². The number of H-pyrrole nitrogens is 1. The molecule has 138 valence electrons. The number of hydrogen-bond acceptors (Lipinski definition) is 3. The maximum atomic E-state index is 12.5. The van der Waals surface area contributed by atoms with E-state index in [1.807, 2.05) is 32.0 Å². The van der Waals surface area contributed by atoms with E-state index in [0.717, 1.165) is 47.0 Å². The molecule has 0 spiro atoms. The van der Waals surface area contributed by atoms with Gasteiger partial charge in [-0.05, 0) is 75.1 Å². The molecule has 0 aliphatic heterocycles. The third-order valence-corrected chi connectivity index (χ3v) is 4.83. The van der Waals surface area contributed by atoms with Crippen molar-refractivity contribution in [2.45, 2.75) is 39.2 Å². The summed E-state index contributed by atoms with van der Waals surface area (Å²) in [5.41, 5.74) is 4.01. The summed E-state index contributed by atoms with van der Waals surface area (Å²) >= 11 is 0. The zero-order chi connectivity index (χ0) is 19.0. The maximum Gasteiger partial charge on any atom is 0.255 e. The molecule has 3 aromatic rings. The Labute approximate surface area is 157 Å². The summed E-state index contributed by atoms with van der Waals surface area (Å²) in [4.78, 5) is 27.7. The van der Waals surface area contributed by atoms with E-state index >= 15 is 0 Å². The predicted molar refractivity (Wildman–Crippen MR) is 107 cm³/mol. The second-order valence-electron chi connectivity index (χ2n) is 7.17. The van der Waals surface area contributed by atoms with Gasteiger partial charge in [0.05, 0.1) is 11.6 Å². The highest BCUT2D eigenvalue weighted by Gasteiger charge is 2.18. The lowest BCUT2D eigenvalue weighted by Gasteiger charge is -2.11. The number of amides is 1. The Balaban J connectivity index is 1.57. The molecular weight excluding hydrogens is 340 g/mol. The van der Waals surface area contributed by atoms with Gasteiger partial charge in [0.2, 0.25) is 0 Å². The Morgan fingerprint density at radius 2 is 1.81 bits per heavy atom. The molecule has 2 aromatic carbocycles. The fourth-order valence-corrected chi connectivity index (χ4v) is 3.64. The van der Waals surface area contributed by atoms with Crippen LogP contribution in [0.3, 0.4) is 0 Å². The maximum absolute atomic E-state index is 12.5. The lowest BCUT2D eigenvalue weighted by atomic mass is 10.1. The van der Waals surface area contributed by atoms with Crippen LogP contribution in [0.2, 0.25) is 0 Å². The van der Waals surface area contributed by atoms with Crippen LogP contribution >= 0.6 is 0 Å². The highest BCUT2D eigenvalue weighted by molar-refractivity contribution is 6.05. The third-order valence-electron chi connectivity index (χ3n) is 4.83. The zero-order valence-electron chi connectivity index (χ0n) is 15.5. The molecule has 2 N–H and O–H groups in total. The quantitative estimate of drug-likeness (QED) is 0.735. The van der Waals surface area contributed by atoms with Crippen LogP contribution in [-0.4, -0.2) is 17.0 Å². The molecule has 0 fully saturated rings. The molecule has 1 heterocycles. The first-order valence-corrected chi connectivity index (χ1v) is 9.27. The summed E-state index contributed by atoms with van der Waals surface area (Å²) in [7, 11) is 0. The predicted octanol–water partition coefficient (Wildman–Crippen LogP) is 4.06. The summed E-state index contributed by atoms with van der Waals surface area (Å²) in [5.74, 6) is 0.535. The van der Waals surface area contributed by atoms with Crippen LogP contribution in [0.4, 0.5) is 5.69 Å². The highest BCUT2D eigenvalue weighted by atomic mass is 16.5. The first-order chi connectivity index (χ1) is 13.0. The van der Waals surface area contributed by atoms with Crippen molar-refractivity contribution in [3.63, 3.8) is 0 Å². The number of hydrogen-bond donors (Lipinski definition) is 2. The van der Waals surface area contributed by atoms with Crippen molar-refractivity contribution in [3.8, 4) is 5.75 Å². The largest absolute Gasteiger partial charge is 0.491 e. The van der Waals surface area contributed by atoms with Crippen molar-refractivity contribution in [1.82, 2.24) is 4.98 Å². The number of aryl methyl sites for hydroxylation is 1. The van der Waals surface area contributed by atoms with Gasteiger partial charge in [0.25, 0.3) is 11.5 Å². The molecule has 0 atom stereocenters. The molecule has 1 aliphatic rings. The van der Waals surface area contributed by atoms with Gasteiger partial charge in [0.1, 0.15) is 5.75 Å². The zero-order valence-corrected chi connectivity index (χ0v) is 15.5. The number of fused-ring (bicyclic) bond motifs is 3. The van der Waals surface area contributed by atoms with Gasteiger partial charge in [0.15, 0.2) is 0 Å². The van der Waals surface area contributed by atoms with Crippen molar-refractivity contribution in [3.05, 3.63) is 69.5 Å². The van der Waals surface area contributed by atoms with Crippen molar-refractivity contribution in [2.24, 2.45) is 0 Å². The van der Waals surface area contributed by atoms with Gasteiger partial charge in [-0.15, -0.1) is 0 Å².